The van der Waals surface area contributed by atoms with Crippen molar-refractivity contribution in [3.8, 4) is 22.5 Å². The van der Waals surface area contributed by atoms with Crippen LogP contribution in [0.2, 0.25) is 0 Å². The minimum absolute atomic E-state index is 0.0103. The Morgan fingerprint density at radius 3 is 2.58 bits per heavy atom. The highest BCUT2D eigenvalue weighted by Gasteiger charge is 2.15. The summed E-state index contributed by atoms with van der Waals surface area (Å²) in [5.41, 5.74) is 2.47. The van der Waals surface area contributed by atoms with Gasteiger partial charge in [0.25, 0.3) is 5.56 Å². The van der Waals surface area contributed by atoms with E-state index in [1.54, 1.807) is 12.1 Å². The Morgan fingerprint density at radius 1 is 1.12 bits per heavy atom. The summed E-state index contributed by atoms with van der Waals surface area (Å²) in [4.78, 5) is 24.0. The number of aromatic carboxylic acids is 1. The van der Waals surface area contributed by atoms with Crippen molar-refractivity contribution in [3.63, 3.8) is 0 Å². The summed E-state index contributed by atoms with van der Waals surface area (Å²) in [6.07, 6.45) is 2.20. The van der Waals surface area contributed by atoms with Gasteiger partial charge >= 0.3 is 5.97 Å². The van der Waals surface area contributed by atoms with Crippen LogP contribution in [-0.4, -0.2) is 36.3 Å². The van der Waals surface area contributed by atoms with E-state index in [1.165, 1.54) is 16.7 Å². The normalized spacial score (nSPS) is 11.0. The van der Waals surface area contributed by atoms with Gasteiger partial charge in [0.2, 0.25) is 5.82 Å². The number of carboxylic acids is 1. The summed E-state index contributed by atoms with van der Waals surface area (Å²) < 4.78 is 16.6. The standard InChI is InChI=1S/C24H22FN5O3/c1-2-3-6-18-11-17(24(32)33)13-22(31)30(18)14-16-10-9-15(12-21(16)25)19-7-4-5-8-20(19)23-26-28-29-27-23/h4-5,7-13H,2-3,6,14H2,1H3,(H,32,33)(H,26,27,28,29). The topological polar surface area (TPSA) is 114 Å². The zero-order chi connectivity index (χ0) is 23.4. The molecule has 9 heteroatoms. The number of unbranched alkanes of at least 4 members (excludes halogenated alkanes) is 1. The predicted octanol–water partition coefficient (Wildman–Crippen LogP) is 3.92. The summed E-state index contributed by atoms with van der Waals surface area (Å²) in [6, 6.07) is 14.8. The van der Waals surface area contributed by atoms with Gasteiger partial charge in [-0.15, -0.1) is 10.2 Å². The monoisotopic (exact) mass is 447 g/mol. The molecule has 33 heavy (non-hydrogen) atoms. The lowest BCUT2D eigenvalue weighted by molar-refractivity contribution is 0.0696. The number of nitrogens with one attached hydrogen (secondary N) is 1. The molecule has 2 heterocycles. The van der Waals surface area contributed by atoms with Gasteiger partial charge in [-0.3, -0.25) is 4.79 Å². The van der Waals surface area contributed by atoms with E-state index >= 15 is 4.39 Å². The fourth-order valence-corrected chi connectivity index (χ4v) is 3.74. The van der Waals surface area contributed by atoms with Gasteiger partial charge in [0.05, 0.1) is 12.1 Å². The molecule has 2 N–H and O–H groups in total. The summed E-state index contributed by atoms with van der Waals surface area (Å²) in [6.45, 7) is 2.02. The number of halogens is 1. The van der Waals surface area contributed by atoms with Gasteiger partial charge in [-0.05, 0) is 41.3 Å². The van der Waals surface area contributed by atoms with Crippen molar-refractivity contribution in [3.05, 3.63) is 87.6 Å². The van der Waals surface area contributed by atoms with Gasteiger partial charge in [0.1, 0.15) is 5.82 Å². The Balaban J connectivity index is 1.70. The predicted molar refractivity (Wildman–Crippen MR) is 120 cm³/mol. The number of H-pyrrole nitrogens is 1. The zero-order valence-corrected chi connectivity index (χ0v) is 18.0. The Labute approximate surface area is 188 Å². The first-order valence-electron chi connectivity index (χ1n) is 10.6. The lowest BCUT2D eigenvalue weighted by Gasteiger charge is -2.15. The summed E-state index contributed by atoms with van der Waals surface area (Å²) in [7, 11) is 0. The van der Waals surface area contributed by atoms with Crippen molar-refractivity contribution in [2.75, 3.05) is 0 Å². The first-order chi connectivity index (χ1) is 16.0. The maximum absolute atomic E-state index is 15.2. The number of carboxylic acid groups (broad SMARTS) is 1. The molecule has 0 atom stereocenters. The number of rotatable bonds is 8. The molecule has 8 nitrogen and oxygen atoms in total. The second-order valence-electron chi connectivity index (χ2n) is 7.66. The molecule has 0 unspecified atom stereocenters. The molecule has 0 fully saturated rings. The number of carbonyl (C=O) groups is 1. The first-order valence-corrected chi connectivity index (χ1v) is 10.6. The molecule has 0 aliphatic rings. The van der Waals surface area contributed by atoms with Gasteiger partial charge in [-0.1, -0.05) is 49.7 Å². The van der Waals surface area contributed by atoms with Crippen molar-refractivity contribution in [1.82, 2.24) is 25.2 Å². The maximum Gasteiger partial charge on any atom is 0.335 e. The fourth-order valence-electron chi connectivity index (χ4n) is 3.74. The zero-order valence-electron chi connectivity index (χ0n) is 18.0. The number of benzene rings is 2. The summed E-state index contributed by atoms with van der Waals surface area (Å²) in [5, 5.41) is 23.3. The van der Waals surface area contributed by atoms with Crippen molar-refractivity contribution >= 4 is 5.97 Å². The third-order valence-corrected chi connectivity index (χ3v) is 5.45. The van der Waals surface area contributed by atoms with E-state index in [-0.39, 0.29) is 12.1 Å². The molecule has 2 aromatic heterocycles. The van der Waals surface area contributed by atoms with Crippen LogP contribution in [-0.2, 0) is 13.0 Å². The van der Waals surface area contributed by atoms with Crippen LogP contribution in [0.15, 0.2) is 59.4 Å². The van der Waals surface area contributed by atoms with Crippen LogP contribution in [0.3, 0.4) is 0 Å². The first kappa shape index (κ1) is 22.1. The molecule has 4 aromatic rings. The van der Waals surface area contributed by atoms with Gasteiger partial charge in [-0.25, -0.2) is 9.18 Å². The van der Waals surface area contributed by atoms with Gasteiger partial charge in [0, 0.05) is 22.9 Å². The van der Waals surface area contributed by atoms with Crippen LogP contribution in [0, 0.1) is 5.82 Å². The number of hydrogen-bond acceptors (Lipinski definition) is 5. The lowest BCUT2D eigenvalue weighted by atomic mass is 9.98. The highest BCUT2D eigenvalue weighted by molar-refractivity contribution is 5.87. The highest BCUT2D eigenvalue weighted by Crippen LogP contribution is 2.30. The Kier molecular flexibility index (Phi) is 6.39. The molecule has 4 rings (SSSR count). The summed E-state index contributed by atoms with van der Waals surface area (Å²) >= 11 is 0. The molecule has 168 valence electrons. The van der Waals surface area contributed by atoms with Crippen molar-refractivity contribution in [2.45, 2.75) is 32.7 Å². The number of aryl methyl sites for hydroxylation is 1. The van der Waals surface area contributed by atoms with Gasteiger partial charge < -0.3 is 9.67 Å². The molecule has 0 amide bonds. The number of pyridine rings is 1. The smallest absolute Gasteiger partial charge is 0.335 e. The van der Waals surface area contributed by atoms with Crippen molar-refractivity contribution < 1.29 is 14.3 Å². The number of aromatic nitrogens is 5. The van der Waals surface area contributed by atoms with E-state index in [1.807, 2.05) is 31.2 Å². The highest BCUT2D eigenvalue weighted by atomic mass is 19.1. The molecular formula is C24H22FN5O3. The molecule has 0 aliphatic carbocycles. The lowest BCUT2D eigenvalue weighted by Crippen LogP contribution is -2.25. The average Bonchev–Trinajstić information content (AvgIpc) is 3.35. The fraction of sp³-hybridized carbons (Fsp3) is 0.208. The van der Waals surface area contributed by atoms with Crippen LogP contribution in [0.4, 0.5) is 4.39 Å². The van der Waals surface area contributed by atoms with E-state index in [2.05, 4.69) is 20.6 Å². The SMILES string of the molecule is CCCCc1cc(C(=O)O)cc(=O)n1Cc1ccc(-c2ccccc2-c2nn[nH]n2)cc1F. The van der Waals surface area contributed by atoms with E-state index in [9.17, 15) is 14.7 Å². The van der Waals surface area contributed by atoms with Crippen molar-refractivity contribution in [2.24, 2.45) is 0 Å². The van der Waals surface area contributed by atoms with Crippen LogP contribution >= 0.6 is 0 Å². The molecular weight excluding hydrogens is 425 g/mol. The second-order valence-corrected chi connectivity index (χ2v) is 7.66. The molecule has 2 aromatic carbocycles. The van der Waals surface area contributed by atoms with Crippen LogP contribution in [0.25, 0.3) is 22.5 Å². The van der Waals surface area contributed by atoms with Crippen LogP contribution in [0.1, 0.15) is 41.4 Å². The molecule has 0 bridgehead atoms. The maximum atomic E-state index is 15.2. The Bertz CT molecular complexity index is 1350. The largest absolute Gasteiger partial charge is 0.478 e. The minimum atomic E-state index is -1.16. The molecule has 0 saturated carbocycles. The van der Waals surface area contributed by atoms with Gasteiger partial charge in [0.15, 0.2) is 0 Å². The third kappa shape index (κ3) is 4.72. The Morgan fingerprint density at radius 2 is 1.91 bits per heavy atom. The summed E-state index contributed by atoms with van der Waals surface area (Å²) in [5.74, 6) is -1.22. The third-order valence-electron chi connectivity index (χ3n) is 5.45. The van der Waals surface area contributed by atoms with E-state index in [0.717, 1.165) is 24.5 Å². The molecule has 0 radical (unpaired) electrons. The average molecular weight is 447 g/mol. The Hall–Kier alpha value is -4.14. The molecule has 0 aliphatic heterocycles. The van der Waals surface area contributed by atoms with Gasteiger partial charge in [-0.2, -0.15) is 5.21 Å². The minimum Gasteiger partial charge on any atom is -0.478 e. The molecule has 0 saturated heterocycles. The second kappa shape index (κ2) is 9.56. The van der Waals surface area contributed by atoms with Crippen LogP contribution < -0.4 is 5.56 Å². The number of aromatic amines is 1. The van der Waals surface area contributed by atoms with E-state index in [4.69, 9.17) is 0 Å². The number of hydrogen-bond donors (Lipinski definition) is 2. The number of nitrogens with zero attached hydrogens (tertiary/aromatic N) is 4. The van der Waals surface area contributed by atoms with E-state index in [0.29, 0.717) is 34.6 Å². The number of tetrazole rings is 1. The van der Waals surface area contributed by atoms with Crippen molar-refractivity contribution in [1.29, 1.82) is 0 Å². The van der Waals surface area contributed by atoms with E-state index < -0.39 is 17.3 Å². The quantitative estimate of drug-likeness (QED) is 0.423. The van der Waals surface area contributed by atoms with Crippen LogP contribution in [0.5, 0.6) is 0 Å². The molecule has 0 spiro atoms.